The summed E-state index contributed by atoms with van der Waals surface area (Å²) in [6, 6.07) is 0. The van der Waals surface area contributed by atoms with E-state index in [9.17, 15) is 10.1 Å². The van der Waals surface area contributed by atoms with Gasteiger partial charge in [0.2, 0.25) is 0 Å². The third-order valence-electron chi connectivity index (χ3n) is 1.57. The van der Waals surface area contributed by atoms with Crippen LogP contribution in [0, 0.1) is 10.1 Å². The molecule has 0 radical (unpaired) electrons. The van der Waals surface area contributed by atoms with Gasteiger partial charge in [0, 0.05) is 16.7 Å². The minimum Gasteiger partial charge on any atom is -0.399 e. The van der Waals surface area contributed by atoms with E-state index < -0.39 is 10.6 Å². The van der Waals surface area contributed by atoms with E-state index in [1.807, 2.05) is 0 Å². The minimum atomic E-state index is -1.46. The fourth-order valence-corrected chi connectivity index (χ4v) is 0.793. The first-order valence-electron chi connectivity index (χ1n) is 3.13. The van der Waals surface area contributed by atoms with Crippen molar-refractivity contribution in [3.63, 3.8) is 0 Å². The lowest BCUT2D eigenvalue weighted by atomic mass is 10.0. The lowest BCUT2D eigenvalue weighted by Gasteiger charge is -2.17. The standard InChI is InChI=1S/C6H9N3O2/c7-5-1-3-6(8,4-2-5)9(10)11/h1-3H,4,7-8H2. The van der Waals surface area contributed by atoms with Gasteiger partial charge in [-0.2, -0.15) is 0 Å². The minimum absolute atomic E-state index is 0.155. The lowest BCUT2D eigenvalue weighted by molar-refractivity contribution is -0.553. The van der Waals surface area contributed by atoms with E-state index in [4.69, 9.17) is 11.5 Å². The van der Waals surface area contributed by atoms with Crippen molar-refractivity contribution in [3.05, 3.63) is 34.0 Å². The number of hydrogen-bond acceptors (Lipinski definition) is 4. The second-order valence-electron chi connectivity index (χ2n) is 2.49. The Morgan fingerprint density at radius 2 is 2.36 bits per heavy atom. The van der Waals surface area contributed by atoms with Crippen molar-refractivity contribution >= 4 is 0 Å². The second-order valence-corrected chi connectivity index (χ2v) is 2.49. The van der Waals surface area contributed by atoms with E-state index in [0.29, 0.717) is 5.70 Å². The van der Waals surface area contributed by atoms with Gasteiger partial charge in [-0.25, -0.2) is 0 Å². The molecular formula is C6H9N3O2. The molecule has 0 bridgehead atoms. The maximum absolute atomic E-state index is 10.3. The molecule has 1 aliphatic rings. The van der Waals surface area contributed by atoms with Crippen molar-refractivity contribution in [1.82, 2.24) is 0 Å². The first-order valence-corrected chi connectivity index (χ1v) is 3.13. The highest BCUT2D eigenvalue weighted by Crippen LogP contribution is 2.16. The molecule has 1 atom stereocenters. The predicted octanol–water partition coefficient (Wildman–Crippen LogP) is -0.279. The summed E-state index contributed by atoms with van der Waals surface area (Å²) < 4.78 is 0. The van der Waals surface area contributed by atoms with Crippen LogP contribution in [0.15, 0.2) is 23.9 Å². The first-order chi connectivity index (χ1) is 5.04. The summed E-state index contributed by atoms with van der Waals surface area (Å²) >= 11 is 0. The molecule has 0 saturated heterocycles. The Hall–Kier alpha value is -1.36. The quantitative estimate of drug-likeness (QED) is 0.309. The number of rotatable bonds is 1. The zero-order valence-corrected chi connectivity index (χ0v) is 5.86. The van der Waals surface area contributed by atoms with Crippen LogP contribution in [0.1, 0.15) is 6.42 Å². The molecule has 0 spiro atoms. The molecule has 0 aromatic heterocycles. The van der Waals surface area contributed by atoms with E-state index in [0.717, 1.165) is 0 Å². The van der Waals surface area contributed by atoms with Crippen LogP contribution in [0.4, 0.5) is 0 Å². The van der Waals surface area contributed by atoms with Crippen LogP contribution in [0.5, 0.6) is 0 Å². The molecule has 1 aliphatic carbocycles. The van der Waals surface area contributed by atoms with Crippen molar-refractivity contribution in [1.29, 1.82) is 0 Å². The molecule has 0 aromatic rings. The third-order valence-corrected chi connectivity index (χ3v) is 1.57. The maximum Gasteiger partial charge on any atom is 0.295 e. The Balaban J connectivity index is 2.82. The van der Waals surface area contributed by atoms with E-state index in [1.165, 1.54) is 12.2 Å². The topological polar surface area (TPSA) is 95.2 Å². The summed E-state index contributed by atoms with van der Waals surface area (Å²) in [5.41, 5.74) is 9.80. The van der Waals surface area contributed by atoms with Crippen LogP contribution in [-0.4, -0.2) is 10.6 Å². The van der Waals surface area contributed by atoms with Crippen molar-refractivity contribution < 1.29 is 4.92 Å². The summed E-state index contributed by atoms with van der Waals surface area (Å²) in [6.45, 7) is 0. The summed E-state index contributed by atoms with van der Waals surface area (Å²) in [7, 11) is 0. The first kappa shape index (κ1) is 7.74. The molecule has 5 heteroatoms. The van der Waals surface area contributed by atoms with Crippen molar-refractivity contribution in [2.75, 3.05) is 0 Å². The molecule has 5 nitrogen and oxygen atoms in total. The number of nitro groups is 1. The van der Waals surface area contributed by atoms with Crippen LogP contribution >= 0.6 is 0 Å². The smallest absolute Gasteiger partial charge is 0.295 e. The highest BCUT2D eigenvalue weighted by molar-refractivity contribution is 5.23. The molecule has 11 heavy (non-hydrogen) atoms. The highest BCUT2D eigenvalue weighted by atomic mass is 16.6. The molecule has 60 valence electrons. The molecule has 0 saturated carbocycles. The zero-order valence-electron chi connectivity index (χ0n) is 5.86. The van der Waals surface area contributed by atoms with Crippen molar-refractivity contribution in [3.8, 4) is 0 Å². The largest absolute Gasteiger partial charge is 0.399 e. The van der Waals surface area contributed by atoms with Crippen LogP contribution in [0.3, 0.4) is 0 Å². The molecule has 4 N–H and O–H groups in total. The van der Waals surface area contributed by atoms with E-state index in [1.54, 1.807) is 6.08 Å². The fourth-order valence-electron chi connectivity index (χ4n) is 0.793. The van der Waals surface area contributed by atoms with Gasteiger partial charge in [-0.3, -0.25) is 15.8 Å². The molecule has 0 aromatic carbocycles. The normalized spacial score (nSPS) is 29.7. The van der Waals surface area contributed by atoms with Gasteiger partial charge in [-0.15, -0.1) is 0 Å². The van der Waals surface area contributed by atoms with E-state index >= 15 is 0 Å². The third kappa shape index (κ3) is 1.38. The van der Waals surface area contributed by atoms with Gasteiger partial charge in [0.15, 0.2) is 0 Å². The zero-order chi connectivity index (χ0) is 8.48. The maximum atomic E-state index is 10.3. The van der Waals surface area contributed by atoms with Gasteiger partial charge >= 0.3 is 0 Å². The molecule has 1 rings (SSSR count). The predicted molar refractivity (Wildman–Crippen MR) is 39.9 cm³/mol. The number of allylic oxidation sites excluding steroid dienone is 1. The average molecular weight is 155 g/mol. The van der Waals surface area contributed by atoms with Gasteiger partial charge in [0.05, 0.1) is 6.42 Å². The molecule has 0 fully saturated rings. The Kier molecular flexibility index (Phi) is 1.66. The number of nitrogens with two attached hydrogens (primary N) is 2. The fraction of sp³-hybridized carbons (Fsp3) is 0.333. The SMILES string of the molecule is NC1=CCC(N)([N+](=O)[O-])C=C1. The van der Waals surface area contributed by atoms with Crippen LogP contribution in [-0.2, 0) is 0 Å². The van der Waals surface area contributed by atoms with Crippen molar-refractivity contribution in [2.45, 2.75) is 12.1 Å². The average Bonchev–Trinajstić information content (AvgIpc) is 1.95. The van der Waals surface area contributed by atoms with Gasteiger partial charge in [-0.1, -0.05) is 6.08 Å². The van der Waals surface area contributed by atoms with Crippen molar-refractivity contribution in [2.24, 2.45) is 11.5 Å². The van der Waals surface area contributed by atoms with Crippen LogP contribution < -0.4 is 11.5 Å². The highest BCUT2D eigenvalue weighted by Gasteiger charge is 2.35. The Bertz CT molecular complexity index is 246. The molecular weight excluding hydrogens is 146 g/mol. The Labute approximate surface area is 63.5 Å². The number of nitrogens with zero attached hydrogens (tertiary/aromatic N) is 1. The van der Waals surface area contributed by atoms with Gasteiger partial charge in [0.25, 0.3) is 5.66 Å². The molecule has 0 amide bonds. The molecule has 0 aliphatic heterocycles. The van der Waals surface area contributed by atoms with E-state index in [-0.39, 0.29) is 6.42 Å². The monoisotopic (exact) mass is 155 g/mol. The number of hydrogen-bond donors (Lipinski definition) is 2. The Morgan fingerprint density at radius 3 is 2.73 bits per heavy atom. The van der Waals surface area contributed by atoms with Gasteiger partial charge in [-0.05, 0) is 6.08 Å². The van der Waals surface area contributed by atoms with Gasteiger partial charge in [0.1, 0.15) is 0 Å². The van der Waals surface area contributed by atoms with Gasteiger partial charge < -0.3 is 5.73 Å². The van der Waals surface area contributed by atoms with E-state index in [2.05, 4.69) is 0 Å². The molecule has 1 unspecified atom stereocenters. The second kappa shape index (κ2) is 2.35. The summed E-state index contributed by atoms with van der Waals surface area (Å²) in [4.78, 5) is 9.82. The molecule has 0 heterocycles. The Morgan fingerprint density at radius 1 is 1.73 bits per heavy atom. The summed E-state index contributed by atoms with van der Waals surface area (Å²) in [5.74, 6) is 0. The summed E-state index contributed by atoms with van der Waals surface area (Å²) in [6.07, 6.45) is 4.46. The van der Waals surface area contributed by atoms with Crippen LogP contribution in [0.2, 0.25) is 0 Å². The lowest BCUT2D eigenvalue weighted by Crippen LogP contribution is -2.46. The van der Waals surface area contributed by atoms with Crippen LogP contribution in [0.25, 0.3) is 0 Å². The summed E-state index contributed by atoms with van der Waals surface area (Å²) in [5, 5.41) is 10.3.